The molecule has 136 valence electrons. The van der Waals surface area contributed by atoms with E-state index >= 15 is 0 Å². The molecule has 2 aromatic carbocycles. The van der Waals surface area contributed by atoms with E-state index in [1.54, 1.807) is 7.11 Å². The molecule has 4 aromatic rings. The molecule has 0 aliphatic heterocycles. The maximum atomic E-state index is 12.1. The van der Waals surface area contributed by atoms with Crippen LogP contribution in [0.4, 0.5) is 0 Å². The van der Waals surface area contributed by atoms with E-state index in [1.807, 2.05) is 54.7 Å². The van der Waals surface area contributed by atoms with Crippen LogP contribution >= 0.6 is 0 Å². The van der Waals surface area contributed by atoms with Crippen LogP contribution < -0.4 is 10.1 Å². The second-order valence-corrected chi connectivity index (χ2v) is 6.02. The van der Waals surface area contributed by atoms with Gasteiger partial charge in [-0.2, -0.15) is 4.80 Å². The molecular weight excluding hydrogens is 344 g/mol. The fourth-order valence-corrected chi connectivity index (χ4v) is 2.80. The molecule has 0 unspecified atom stereocenters. The first-order valence-corrected chi connectivity index (χ1v) is 8.47. The SMILES string of the molecule is COc1ccc(CNC(=O)Cn2nnc(-c3c[nH]c4ccccc34)n2)cc1. The minimum Gasteiger partial charge on any atom is -0.497 e. The van der Waals surface area contributed by atoms with Gasteiger partial charge in [-0.25, -0.2) is 0 Å². The number of nitrogens with zero attached hydrogens (tertiary/aromatic N) is 4. The van der Waals surface area contributed by atoms with E-state index in [2.05, 4.69) is 25.7 Å². The number of rotatable bonds is 6. The maximum Gasteiger partial charge on any atom is 0.243 e. The van der Waals surface area contributed by atoms with Crippen LogP contribution in [0.5, 0.6) is 5.75 Å². The molecule has 4 rings (SSSR count). The minimum absolute atomic E-state index is 0.00547. The first kappa shape index (κ1) is 16.8. The van der Waals surface area contributed by atoms with Crippen molar-refractivity contribution in [3.05, 3.63) is 60.3 Å². The van der Waals surface area contributed by atoms with Gasteiger partial charge in [-0.3, -0.25) is 4.79 Å². The zero-order valence-corrected chi connectivity index (χ0v) is 14.7. The van der Waals surface area contributed by atoms with Gasteiger partial charge in [0.1, 0.15) is 12.3 Å². The van der Waals surface area contributed by atoms with E-state index in [0.717, 1.165) is 27.8 Å². The van der Waals surface area contributed by atoms with Gasteiger partial charge in [-0.15, -0.1) is 10.2 Å². The van der Waals surface area contributed by atoms with Crippen molar-refractivity contribution >= 4 is 16.8 Å². The Kier molecular flexibility index (Phi) is 4.52. The summed E-state index contributed by atoms with van der Waals surface area (Å²) in [4.78, 5) is 16.6. The number of tetrazole rings is 1. The molecule has 0 atom stereocenters. The number of amides is 1. The fraction of sp³-hybridized carbons (Fsp3) is 0.158. The molecule has 8 nitrogen and oxygen atoms in total. The number of H-pyrrole nitrogens is 1. The van der Waals surface area contributed by atoms with Crippen LogP contribution in [-0.4, -0.2) is 38.2 Å². The van der Waals surface area contributed by atoms with Crippen LogP contribution in [-0.2, 0) is 17.9 Å². The third-order valence-electron chi connectivity index (χ3n) is 4.22. The van der Waals surface area contributed by atoms with Crippen molar-refractivity contribution in [2.75, 3.05) is 7.11 Å². The average Bonchev–Trinajstić information content (AvgIpc) is 3.33. The number of para-hydroxylation sites is 1. The van der Waals surface area contributed by atoms with E-state index in [1.165, 1.54) is 4.80 Å². The van der Waals surface area contributed by atoms with Crippen LogP contribution in [0, 0.1) is 0 Å². The van der Waals surface area contributed by atoms with Gasteiger partial charge >= 0.3 is 0 Å². The molecule has 1 amide bonds. The number of carbonyl (C=O) groups excluding carboxylic acids is 1. The molecule has 2 aromatic heterocycles. The van der Waals surface area contributed by atoms with E-state index in [9.17, 15) is 4.79 Å². The summed E-state index contributed by atoms with van der Waals surface area (Å²) < 4.78 is 5.12. The molecular formula is C19H18N6O2. The van der Waals surface area contributed by atoms with Gasteiger partial charge in [0, 0.05) is 29.2 Å². The van der Waals surface area contributed by atoms with E-state index in [0.29, 0.717) is 12.4 Å². The summed E-state index contributed by atoms with van der Waals surface area (Å²) in [7, 11) is 1.62. The summed E-state index contributed by atoms with van der Waals surface area (Å²) in [6, 6.07) is 15.4. The Bertz CT molecular complexity index is 1070. The molecule has 8 heteroatoms. The van der Waals surface area contributed by atoms with Crippen molar-refractivity contribution in [2.45, 2.75) is 13.1 Å². The Morgan fingerprint density at radius 3 is 2.81 bits per heavy atom. The second kappa shape index (κ2) is 7.28. The van der Waals surface area contributed by atoms with Gasteiger partial charge in [0.05, 0.1) is 7.11 Å². The summed E-state index contributed by atoms with van der Waals surface area (Å²) in [6.45, 7) is 0.429. The number of aromatic nitrogens is 5. The fourth-order valence-electron chi connectivity index (χ4n) is 2.80. The highest BCUT2D eigenvalue weighted by atomic mass is 16.5. The minimum atomic E-state index is -0.186. The number of hydrogen-bond donors (Lipinski definition) is 2. The van der Waals surface area contributed by atoms with Gasteiger partial charge < -0.3 is 15.0 Å². The molecule has 27 heavy (non-hydrogen) atoms. The predicted octanol–water partition coefficient (Wildman–Crippen LogP) is 2.15. The lowest BCUT2D eigenvalue weighted by Gasteiger charge is -2.05. The highest BCUT2D eigenvalue weighted by Gasteiger charge is 2.12. The number of benzene rings is 2. The lowest BCUT2D eigenvalue weighted by Crippen LogP contribution is -2.28. The van der Waals surface area contributed by atoms with Crippen LogP contribution in [0.25, 0.3) is 22.3 Å². The second-order valence-electron chi connectivity index (χ2n) is 6.02. The van der Waals surface area contributed by atoms with Crippen molar-refractivity contribution in [3.8, 4) is 17.1 Å². The first-order chi connectivity index (χ1) is 13.2. The van der Waals surface area contributed by atoms with Gasteiger partial charge in [0.15, 0.2) is 0 Å². The van der Waals surface area contributed by atoms with Crippen molar-refractivity contribution in [1.29, 1.82) is 0 Å². The number of aromatic amines is 1. The lowest BCUT2D eigenvalue weighted by molar-refractivity contribution is -0.122. The van der Waals surface area contributed by atoms with Crippen molar-refractivity contribution in [3.63, 3.8) is 0 Å². The smallest absolute Gasteiger partial charge is 0.243 e. The topological polar surface area (TPSA) is 97.7 Å². The van der Waals surface area contributed by atoms with Crippen LogP contribution in [0.2, 0.25) is 0 Å². The average molecular weight is 362 g/mol. The molecule has 0 aliphatic rings. The number of ether oxygens (including phenoxy) is 1. The van der Waals surface area contributed by atoms with Gasteiger partial charge in [-0.05, 0) is 29.0 Å². The Balaban J connectivity index is 1.39. The Morgan fingerprint density at radius 1 is 1.19 bits per heavy atom. The van der Waals surface area contributed by atoms with E-state index in [-0.39, 0.29) is 12.5 Å². The zero-order valence-electron chi connectivity index (χ0n) is 14.7. The summed E-state index contributed by atoms with van der Waals surface area (Å²) in [5.74, 6) is 1.07. The van der Waals surface area contributed by atoms with Crippen LogP contribution in [0.3, 0.4) is 0 Å². The number of carbonyl (C=O) groups is 1. The lowest BCUT2D eigenvalue weighted by atomic mass is 10.2. The molecule has 0 fully saturated rings. The molecule has 2 heterocycles. The molecule has 0 radical (unpaired) electrons. The van der Waals surface area contributed by atoms with Gasteiger partial charge in [0.25, 0.3) is 0 Å². The Hall–Kier alpha value is -3.68. The van der Waals surface area contributed by atoms with Gasteiger partial charge in [-0.1, -0.05) is 30.3 Å². The van der Waals surface area contributed by atoms with Crippen LogP contribution in [0.15, 0.2) is 54.7 Å². The van der Waals surface area contributed by atoms with E-state index < -0.39 is 0 Å². The molecule has 0 saturated heterocycles. The van der Waals surface area contributed by atoms with Crippen molar-refractivity contribution < 1.29 is 9.53 Å². The number of hydrogen-bond acceptors (Lipinski definition) is 5. The van der Waals surface area contributed by atoms with E-state index in [4.69, 9.17) is 4.74 Å². The van der Waals surface area contributed by atoms with Gasteiger partial charge in [0.2, 0.25) is 11.7 Å². The third kappa shape index (κ3) is 3.64. The Labute approximate surface area is 155 Å². The Morgan fingerprint density at radius 2 is 2.00 bits per heavy atom. The largest absolute Gasteiger partial charge is 0.497 e. The molecule has 0 spiro atoms. The quantitative estimate of drug-likeness (QED) is 0.548. The standard InChI is InChI=1S/C19H18N6O2/c1-27-14-8-6-13(7-9-14)10-21-18(26)12-25-23-19(22-24-25)16-11-20-17-5-3-2-4-15(16)17/h2-9,11,20H,10,12H2,1H3,(H,21,26). The normalized spacial score (nSPS) is 10.9. The summed E-state index contributed by atoms with van der Waals surface area (Å²) >= 11 is 0. The third-order valence-corrected chi connectivity index (χ3v) is 4.22. The summed E-state index contributed by atoms with van der Waals surface area (Å²) in [6.07, 6.45) is 1.84. The monoisotopic (exact) mass is 362 g/mol. The maximum absolute atomic E-state index is 12.1. The zero-order chi connectivity index (χ0) is 18.6. The number of fused-ring (bicyclic) bond motifs is 1. The molecule has 2 N–H and O–H groups in total. The molecule has 0 bridgehead atoms. The highest BCUT2D eigenvalue weighted by molar-refractivity contribution is 5.93. The summed E-state index contributed by atoms with van der Waals surface area (Å²) in [5.41, 5.74) is 2.84. The predicted molar refractivity (Wildman–Crippen MR) is 100.0 cm³/mol. The summed E-state index contributed by atoms with van der Waals surface area (Å²) in [5, 5.41) is 16.2. The highest BCUT2D eigenvalue weighted by Crippen LogP contribution is 2.25. The van der Waals surface area contributed by atoms with Crippen molar-refractivity contribution in [2.24, 2.45) is 0 Å². The number of methoxy groups -OCH3 is 1. The van der Waals surface area contributed by atoms with Crippen molar-refractivity contribution in [1.82, 2.24) is 30.5 Å². The van der Waals surface area contributed by atoms with Crippen LogP contribution in [0.1, 0.15) is 5.56 Å². The molecule has 0 saturated carbocycles. The number of nitrogens with one attached hydrogen (secondary N) is 2. The molecule has 0 aliphatic carbocycles. The first-order valence-electron chi connectivity index (χ1n) is 8.47.